The number of pyridine rings is 1. The van der Waals surface area contributed by atoms with E-state index in [0.29, 0.717) is 24.2 Å². The molecule has 26 heavy (non-hydrogen) atoms. The molecule has 2 aliphatic rings. The van der Waals surface area contributed by atoms with Gasteiger partial charge in [-0.25, -0.2) is 9.97 Å². The molecule has 2 saturated carbocycles. The molecule has 2 N–H and O–H groups in total. The first-order valence-corrected chi connectivity index (χ1v) is 10.2. The number of nitriles is 1. The second-order valence-corrected chi connectivity index (χ2v) is 8.35. The predicted octanol–water partition coefficient (Wildman–Crippen LogP) is 4.31. The molecule has 1 amide bonds. The highest BCUT2D eigenvalue weighted by molar-refractivity contribution is 7.22. The van der Waals surface area contributed by atoms with Gasteiger partial charge < -0.3 is 10.6 Å². The van der Waals surface area contributed by atoms with E-state index < -0.39 is 0 Å². The lowest BCUT2D eigenvalue weighted by molar-refractivity contribution is -0.117. The van der Waals surface area contributed by atoms with E-state index in [4.69, 9.17) is 5.26 Å². The van der Waals surface area contributed by atoms with Crippen molar-refractivity contribution in [1.82, 2.24) is 9.97 Å². The molecule has 2 heterocycles. The summed E-state index contributed by atoms with van der Waals surface area (Å²) in [6, 6.07) is 4.58. The van der Waals surface area contributed by atoms with E-state index in [1.807, 2.05) is 6.07 Å². The van der Waals surface area contributed by atoms with Crippen molar-refractivity contribution in [2.75, 3.05) is 10.6 Å². The summed E-state index contributed by atoms with van der Waals surface area (Å²) in [5.41, 5.74) is 0.876. The summed E-state index contributed by atoms with van der Waals surface area (Å²) in [4.78, 5) is 21.1. The highest BCUT2D eigenvalue weighted by Crippen LogP contribution is 2.35. The van der Waals surface area contributed by atoms with E-state index >= 15 is 0 Å². The number of carbonyl (C=O) groups excluding carboxylic acids is 1. The van der Waals surface area contributed by atoms with Crippen LogP contribution in [-0.4, -0.2) is 21.9 Å². The zero-order valence-electron chi connectivity index (χ0n) is 14.7. The average Bonchev–Trinajstić information content (AvgIpc) is 3.42. The third kappa shape index (κ3) is 3.96. The van der Waals surface area contributed by atoms with Gasteiger partial charge in [-0.1, -0.05) is 11.3 Å². The van der Waals surface area contributed by atoms with Crippen LogP contribution in [0.15, 0.2) is 12.3 Å². The third-order valence-corrected chi connectivity index (χ3v) is 6.34. The topological polar surface area (TPSA) is 90.7 Å². The lowest BCUT2D eigenvalue weighted by Crippen LogP contribution is -2.25. The molecule has 6 nitrogen and oxygen atoms in total. The number of hydrogen-bond acceptors (Lipinski definition) is 6. The van der Waals surface area contributed by atoms with Crippen LogP contribution < -0.4 is 10.6 Å². The van der Waals surface area contributed by atoms with Crippen LogP contribution in [0.3, 0.4) is 0 Å². The Morgan fingerprint density at radius 3 is 2.81 bits per heavy atom. The van der Waals surface area contributed by atoms with Gasteiger partial charge in [0.2, 0.25) is 5.91 Å². The largest absolute Gasteiger partial charge is 0.359 e. The number of nitrogens with zero attached hydrogens (tertiary/aromatic N) is 3. The molecule has 0 atom stereocenters. The first-order valence-electron chi connectivity index (χ1n) is 9.43. The van der Waals surface area contributed by atoms with Crippen LogP contribution in [0, 0.1) is 23.2 Å². The molecule has 2 aromatic heterocycles. The summed E-state index contributed by atoms with van der Waals surface area (Å²) in [6.45, 7) is 0. The lowest BCUT2D eigenvalue weighted by atomic mass is 9.83. The standard InChI is InChI=1S/C19H23N5OS/c20-10-1-2-12-3-7-14(8-4-12)22-19-23-15-9-11-21-17(16(15)26-19)24-18(25)13-5-6-13/h9,11-14H,1-8H2,(H,22,23)(H,21,24,25). The Labute approximate surface area is 157 Å². The van der Waals surface area contributed by atoms with Crippen molar-refractivity contribution < 1.29 is 4.79 Å². The molecule has 136 valence electrons. The Morgan fingerprint density at radius 2 is 2.08 bits per heavy atom. The van der Waals surface area contributed by atoms with Crippen molar-refractivity contribution in [3.05, 3.63) is 12.3 Å². The molecule has 2 aromatic rings. The fraction of sp³-hybridized carbons (Fsp3) is 0.579. The van der Waals surface area contributed by atoms with Crippen molar-refractivity contribution in [3.8, 4) is 6.07 Å². The van der Waals surface area contributed by atoms with E-state index in [-0.39, 0.29) is 11.8 Å². The van der Waals surface area contributed by atoms with Crippen LogP contribution in [0.1, 0.15) is 51.4 Å². The SMILES string of the molecule is N#CCCC1CCC(Nc2nc3ccnc(NC(=O)C4CC4)c3s2)CC1. The minimum absolute atomic E-state index is 0.0728. The summed E-state index contributed by atoms with van der Waals surface area (Å²) in [5, 5.41) is 16.1. The average molecular weight is 369 g/mol. The smallest absolute Gasteiger partial charge is 0.228 e. The van der Waals surface area contributed by atoms with Gasteiger partial charge in [0.15, 0.2) is 10.9 Å². The molecule has 2 aliphatic carbocycles. The fourth-order valence-electron chi connectivity index (χ4n) is 3.61. The fourth-order valence-corrected chi connectivity index (χ4v) is 4.59. The van der Waals surface area contributed by atoms with Gasteiger partial charge >= 0.3 is 0 Å². The molecule has 7 heteroatoms. The Kier molecular flexibility index (Phi) is 5.02. The maximum absolute atomic E-state index is 12.0. The summed E-state index contributed by atoms with van der Waals surface area (Å²) < 4.78 is 0.937. The van der Waals surface area contributed by atoms with Gasteiger partial charge in [0, 0.05) is 24.6 Å². The molecule has 0 spiro atoms. The number of aromatic nitrogens is 2. The van der Waals surface area contributed by atoms with Crippen LogP contribution >= 0.6 is 11.3 Å². The van der Waals surface area contributed by atoms with Gasteiger partial charge in [0.05, 0.1) is 16.3 Å². The Bertz CT molecular complexity index is 830. The van der Waals surface area contributed by atoms with E-state index in [0.717, 1.165) is 47.5 Å². The first kappa shape index (κ1) is 17.2. The summed E-state index contributed by atoms with van der Waals surface area (Å²) in [6.07, 6.45) is 9.95. The van der Waals surface area contributed by atoms with Crippen molar-refractivity contribution >= 4 is 38.4 Å². The molecular formula is C19H23N5OS. The van der Waals surface area contributed by atoms with Crippen LogP contribution in [0.2, 0.25) is 0 Å². The molecule has 0 aliphatic heterocycles. The summed E-state index contributed by atoms with van der Waals surface area (Å²) in [7, 11) is 0. The number of anilines is 2. The number of carbonyl (C=O) groups is 1. The van der Waals surface area contributed by atoms with Crippen LogP contribution in [0.25, 0.3) is 10.2 Å². The molecule has 2 fully saturated rings. The summed E-state index contributed by atoms with van der Waals surface area (Å²) >= 11 is 1.56. The van der Waals surface area contributed by atoms with E-state index in [9.17, 15) is 4.79 Å². The van der Waals surface area contributed by atoms with Gasteiger partial charge in [-0.15, -0.1) is 0 Å². The molecule has 4 rings (SSSR count). The number of thiazole rings is 1. The third-order valence-electron chi connectivity index (χ3n) is 5.33. The van der Waals surface area contributed by atoms with Gasteiger partial charge in [-0.3, -0.25) is 4.79 Å². The minimum atomic E-state index is 0.0728. The molecule has 0 radical (unpaired) electrons. The predicted molar refractivity (Wildman–Crippen MR) is 103 cm³/mol. The molecule has 0 saturated heterocycles. The van der Waals surface area contributed by atoms with Crippen molar-refractivity contribution in [1.29, 1.82) is 5.26 Å². The molecule has 0 unspecified atom stereocenters. The van der Waals surface area contributed by atoms with Crippen LogP contribution in [-0.2, 0) is 4.79 Å². The lowest BCUT2D eigenvalue weighted by Gasteiger charge is -2.28. The molecule has 0 bridgehead atoms. The Balaban J connectivity index is 1.40. The van der Waals surface area contributed by atoms with E-state index in [2.05, 4.69) is 26.7 Å². The second-order valence-electron chi connectivity index (χ2n) is 7.35. The van der Waals surface area contributed by atoms with Crippen LogP contribution in [0.4, 0.5) is 10.9 Å². The number of hydrogen-bond donors (Lipinski definition) is 2. The van der Waals surface area contributed by atoms with Crippen molar-refractivity contribution in [2.24, 2.45) is 11.8 Å². The monoisotopic (exact) mass is 369 g/mol. The molecular weight excluding hydrogens is 346 g/mol. The number of nitrogens with one attached hydrogen (secondary N) is 2. The first-order chi connectivity index (χ1) is 12.7. The van der Waals surface area contributed by atoms with Gasteiger partial charge in [-0.05, 0) is 56.9 Å². The highest BCUT2D eigenvalue weighted by Gasteiger charge is 2.30. The van der Waals surface area contributed by atoms with Gasteiger partial charge in [0.1, 0.15) is 0 Å². The van der Waals surface area contributed by atoms with Crippen LogP contribution in [0.5, 0.6) is 0 Å². The van der Waals surface area contributed by atoms with Crippen molar-refractivity contribution in [3.63, 3.8) is 0 Å². The normalized spacial score (nSPS) is 22.7. The zero-order valence-corrected chi connectivity index (χ0v) is 15.5. The summed E-state index contributed by atoms with van der Waals surface area (Å²) in [5.74, 6) is 1.55. The maximum atomic E-state index is 12.0. The Hall–Kier alpha value is -2.20. The minimum Gasteiger partial charge on any atom is -0.359 e. The zero-order chi connectivity index (χ0) is 17.9. The highest BCUT2D eigenvalue weighted by atomic mass is 32.1. The van der Waals surface area contributed by atoms with E-state index in [1.165, 1.54) is 12.8 Å². The second kappa shape index (κ2) is 7.58. The van der Waals surface area contributed by atoms with Crippen molar-refractivity contribution in [2.45, 2.75) is 57.4 Å². The quantitative estimate of drug-likeness (QED) is 0.791. The molecule has 0 aromatic carbocycles. The van der Waals surface area contributed by atoms with Gasteiger partial charge in [-0.2, -0.15) is 5.26 Å². The van der Waals surface area contributed by atoms with Gasteiger partial charge in [0.25, 0.3) is 0 Å². The number of rotatable bonds is 6. The Morgan fingerprint density at radius 1 is 1.27 bits per heavy atom. The maximum Gasteiger partial charge on any atom is 0.228 e. The van der Waals surface area contributed by atoms with E-state index in [1.54, 1.807) is 17.5 Å². The number of amides is 1. The number of fused-ring (bicyclic) bond motifs is 1.